The van der Waals surface area contributed by atoms with Gasteiger partial charge in [0.15, 0.2) is 0 Å². The molecular formula is C38H70O6. The van der Waals surface area contributed by atoms with E-state index >= 15 is 0 Å². The lowest BCUT2D eigenvalue weighted by atomic mass is 10.0. The lowest BCUT2D eigenvalue weighted by Crippen LogP contribution is -2.25. The first kappa shape index (κ1) is 40.6. The number of hydrogen-bond acceptors (Lipinski definition) is 6. The lowest BCUT2D eigenvalue weighted by molar-refractivity contribution is -0.152. The van der Waals surface area contributed by atoms with E-state index in [4.69, 9.17) is 14.2 Å². The molecule has 1 aliphatic heterocycles. The second kappa shape index (κ2) is 29.0. The highest BCUT2D eigenvalue weighted by Crippen LogP contribution is 2.30. The number of epoxide rings is 1. The van der Waals surface area contributed by atoms with Crippen molar-refractivity contribution in [2.24, 2.45) is 5.92 Å². The molecule has 1 fully saturated rings. The van der Waals surface area contributed by atoms with Crippen LogP contribution in [0.15, 0.2) is 12.2 Å². The van der Waals surface area contributed by atoms with Gasteiger partial charge in [-0.15, -0.1) is 0 Å². The number of aliphatic hydroxyl groups is 1. The summed E-state index contributed by atoms with van der Waals surface area (Å²) in [5.41, 5.74) is 0. The molecule has 0 aromatic heterocycles. The fourth-order valence-electron chi connectivity index (χ4n) is 5.63. The van der Waals surface area contributed by atoms with Crippen LogP contribution in [0.4, 0.5) is 0 Å². The molecule has 1 saturated heterocycles. The molecule has 1 aliphatic rings. The average Bonchev–Trinajstić information content (AvgIpc) is 3.76. The van der Waals surface area contributed by atoms with Gasteiger partial charge in [-0.2, -0.15) is 0 Å². The Kier molecular flexibility index (Phi) is 26.8. The predicted molar refractivity (Wildman–Crippen MR) is 182 cm³/mol. The zero-order chi connectivity index (χ0) is 32.1. The zero-order valence-electron chi connectivity index (χ0n) is 29.0. The van der Waals surface area contributed by atoms with E-state index in [0.717, 1.165) is 63.7 Å². The van der Waals surface area contributed by atoms with Crippen molar-refractivity contribution in [3.05, 3.63) is 12.2 Å². The van der Waals surface area contributed by atoms with Crippen LogP contribution < -0.4 is 0 Å². The maximum atomic E-state index is 12.0. The van der Waals surface area contributed by atoms with Gasteiger partial charge in [-0.05, 0) is 44.4 Å². The zero-order valence-corrected chi connectivity index (χ0v) is 29.0. The summed E-state index contributed by atoms with van der Waals surface area (Å²) in [6.45, 7) is 6.59. The van der Waals surface area contributed by atoms with Gasteiger partial charge in [0, 0.05) is 12.8 Å². The van der Waals surface area contributed by atoms with Gasteiger partial charge in [0.1, 0.15) is 19.3 Å². The van der Waals surface area contributed by atoms with Crippen molar-refractivity contribution in [1.82, 2.24) is 0 Å². The Morgan fingerprint density at radius 1 is 0.659 bits per heavy atom. The topological polar surface area (TPSA) is 85.4 Å². The third-order valence-corrected chi connectivity index (χ3v) is 8.60. The van der Waals surface area contributed by atoms with Gasteiger partial charge < -0.3 is 19.3 Å². The number of aliphatic hydroxyl groups excluding tert-OH is 1. The molecule has 0 bridgehead atoms. The predicted octanol–water partition coefficient (Wildman–Crippen LogP) is 10.2. The number of hydrogen-bond donors (Lipinski definition) is 1. The van der Waals surface area contributed by atoms with Crippen LogP contribution in [0.3, 0.4) is 0 Å². The van der Waals surface area contributed by atoms with Gasteiger partial charge >= 0.3 is 11.9 Å². The molecule has 0 aromatic carbocycles. The quantitative estimate of drug-likeness (QED) is 0.0348. The minimum Gasteiger partial charge on any atom is -0.463 e. The summed E-state index contributed by atoms with van der Waals surface area (Å²) in [6.07, 6.45) is 32.8. The number of carbonyl (C=O) groups excluding carboxylic acids is 2. The van der Waals surface area contributed by atoms with Crippen molar-refractivity contribution < 1.29 is 28.9 Å². The van der Waals surface area contributed by atoms with Crippen molar-refractivity contribution in [2.45, 2.75) is 200 Å². The van der Waals surface area contributed by atoms with E-state index in [2.05, 4.69) is 32.9 Å². The molecule has 6 heteroatoms. The Hall–Kier alpha value is -1.40. The number of ether oxygens (including phenoxy) is 3. The molecule has 1 rings (SSSR count). The summed E-state index contributed by atoms with van der Waals surface area (Å²) < 4.78 is 16.1. The Balaban J connectivity index is 1.82. The molecule has 1 heterocycles. The van der Waals surface area contributed by atoms with Crippen LogP contribution in [0.25, 0.3) is 0 Å². The molecule has 0 radical (unpaired) electrons. The number of unbranched alkanes of at least 4 members (excludes halogenated alkanes) is 17. The van der Waals surface area contributed by atoms with E-state index in [1.54, 1.807) is 0 Å². The van der Waals surface area contributed by atoms with E-state index in [1.807, 2.05) is 0 Å². The standard InChI is InChI=1S/C38H70O6/c1-4-5-6-7-17-22-27-35-36(44-35)28-23-18-15-20-25-30-38(41)43-32-34(39)31-42-37(40)29-24-19-14-12-10-8-9-11-13-16-21-26-33(2)3/h17,22,33-36,39H,4-16,18-21,23-32H2,1-3H3/b22-17-/t34-,35?,36?/m1/s1. The van der Waals surface area contributed by atoms with Crippen molar-refractivity contribution in [3.63, 3.8) is 0 Å². The van der Waals surface area contributed by atoms with E-state index < -0.39 is 6.10 Å². The third kappa shape index (κ3) is 27.0. The SMILES string of the molecule is CCCCC/C=C\CC1OC1CCCCCCCC(=O)OC[C@H](O)COC(=O)CCCCCCCCCCCCCC(C)C. The largest absolute Gasteiger partial charge is 0.463 e. The smallest absolute Gasteiger partial charge is 0.305 e. The minimum atomic E-state index is -0.969. The normalized spacial score (nSPS) is 16.9. The highest BCUT2D eigenvalue weighted by Gasteiger charge is 2.36. The maximum absolute atomic E-state index is 12.0. The van der Waals surface area contributed by atoms with Crippen LogP contribution in [0, 0.1) is 5.92 Å². The Morgan fingerprint density at radius 3 is 1.68 bits per heavy atom. The summed E-state index contributed by atoms with van der Waals surface area (Å²) in [7, 11) is 0. The Morgan fingerprint density at radius 2 is 1.16 bits per heavy atom. The van der Waals surface area contributed by atoms with Gasteiger partial charge in [-0.25, -0.2) is 0 Å². The molecule has 0 spiro atoms. The average molecular weight is 623 g/mol. The lowest BCUT2D eigenvalue weighted by Gasteiger charge is -2.12. The Bertz CT molecular complexity index is 705. The molecule has 0 aromatic rings. The van der Waals surface area contributed by atoms with Gasteiger partial charge in [0.2, 0.25) is 0 Å². The van der Waals surface area contributed by atoms with Gasteiger partial charge in [0.25, 0.3) is 0 Å². The molecule has 258 valence electrons. The molecule has 0 aliphatic carbocycles. The fraction of sp³-hybridized carbons (Fsp3) is 0.895. The summed E-state index contributed by atoms with van der Waals surface area (Å²) in [6, 6.07) is 0. The summed E-state index contributed by atoms with van der Waals surface area (Å²) in [5.74, 6) is 0.250. The highest BCUT2D eigenvalue weighted by atomic mass is 16.6. The summed E-state index contributed by atoms with van der Waals surface area (Å²) in [4.78, 5) is 23.9. The van der Waals surface area contributed by atoms with E-state index in [9.17, 15) is 14.7 Å². The van der Waals surface area contributed by atoms with Crippen LogP contribution in [-0.4, -0.2) is 48.6 Å². The van der Waals surface area contributed by atoms with Crippen LogP contribution >= 0.6 is 0 Å². The maximum Gasteiger partial charge on any atom is 0.305 e. The number of esters is 2. The molecule has 1 N–H and O–H groups in total. The molecule has 2 unspecified atom stereocenters. The summed E-state index contributed by atoms with van der Waals surface area (Å²) >= 11 is 0. The van der Waals surface area contributed by atoms with Crippen molar-refractivity contribution in [2.75, 3.05) is 13.2 Å². The summed E-state index contributed by atoms with van der Waals surface area (Å²) in [5, 5.41) is 10.0. The van der Waals surface area contributed by atoms with E-state index in [-0.39, 0.29) is 25.2 Å². The monoisotopic (exact) mass is 623 g/mol. The number of rotatable bonds is 32. The van der Waals surface area contributed by atoms with Crippen LogP contribution in [0.1, 0.15) is 181 Å². The van der Waals surface area contributed by atoms with Crippen molar-refractivity contribution in [3.8, 4) is 0 Å². The van der Waals surface area contributed by atoms with Crippen LogP contribution in [0.2, 0.25) is 0 Å². The first-order chi connectivity index (χ1) is 21.4. The van der Waals surface area contributed by atoms with E-state index in [1.165, 1.54) is 89.9 Å². The van der Waals surface area contributed by atoms with Gasteiger partial charge in [0.05, 0.1) is 12.2 Å². The van der Waals surface area contributed by atoms with Crippen LogP contribution in [0.5, 0.6) is 0 Å². The van der Waals surface area contributed by atoms with E-state index in [0.29, 0.717) is 25.0 Å². The molecule has 3 atom stereocenters. The number of carbonyl (C=O) groups is 2. The third-order valence-electron chi connectivity index (χ3n) is 8.60. The molecule has 6 nitrogen and oxygen atoms in total. The van der Waals surface area contributed by atoms with Crippen molar-refractivity contribution >= 4 is 11.9 Å². The van der Waals surface area contributed by atoms with Crippen LogP contribution in [-0.2, 0) is 23.8 Å². The molecule has 0 saturated carbocycles. The first-order valence-electron chi connectivity index (χ1n) is 18.7. The molecule has 44 heavy (non-hydrogen) atoms. The van der Waals surface area contributed by atoms with Crippen molar-refractivity contribution in [1.29, 1.82) is 0 Å². The fourth-order valence-corrected chi connectivity index (χ4v) is 5.63. The first-order valence-corrected chi connectivity index (χ1v) is 18.7. The second-order valence-electron chi connectivity index (χ2n) is 13.6. The minimum absolute atomic E-state index is 0.121. The molecular weight excluding hydrogens is 552 g/mol. The second-order valence-corrected chi connectivity index (χ2v) is 13.6. The Labute approximate surface area is 271 Å². The number of allylic oxidation sites excluding steroid dienone is 1. The van der Waals surface area contributed by atoms with Gasteiger partial charge in [-0.3, -0.25) is 9.59 Å². The molecule has 0 amide bonds. The highest BCUT2D eigenvalue weighted by molar-refractivity contribution is 5.69. The van der Waals surface area contributed by atoms with Gasteiger partial charge in [-0.1, -0.05) is 142 Å².